The molecule has 0 amide bonds. The zero-order valence-corrected chi connectivity index (χ0v) is 22.5. The van der Waals surface area contributed by atoms with E-state index in [4.69, 9.17) is 0 Å². The number of nitrogens with zero attached hydrogens (tertiary/aromatic N) is 1. The number of aryl methyl sites for hydroxylation is 6. The molecule has 2 heteroatoms. The summed E-state index contributed by atoms with van der Waals surface area (Å²) in [6.07, 6.45) is 2.16. The molecule has 0 bridgehead atoms. The van der Waals surface area contributed by atoms with Gasteiger partial charge in [-0.1, -0.05) is 66.2 Å². The SMILES string of the molecule is Cc1ccc(-c2ccc(-c3ccc(-c4cc(-c5ccc(F)cc5C)[n+](C)cc4C)c(C)c3)c(C)c2)cc1. The van der Waals surface area contributed by atoms with E-state index in [1.807, 2.05) is 20.0 Å². The molecule has 0 fully saturated rings. The second-order valence-electron chi connectivity index (χ2n) is 10.3. The van der Waals surface area contributed by atoms with E-state index in [1.54, 1.807) is 6.07 Å². The van der Waals surface area contributed by atoms with Gasteiger partial charge in [-0.2, -0.15) is 0 Å². The lowest BCUT2D eigenvalue weighted by atomic mass is 9.90. The van der Waals surface area contributed by atoms with Crippen LogP contribution < -0.4 is 4.57 Å². The molecule has 1 aromatic heterocycles. The van der Waals surface area contributed by atoms with E-state index in [-0.39, 0.29) is 5.82 Å². The van der Waals surface area contributed by atoms with Gasteiger partial charge in [-0.05, 0) is 103 Å². The molecule has 5 rings (SSSR count). The Morgan fingerprint density at radius 2 is 1.05 bits per heavy atom. The van der Waals surface area contributed by atoms with Crippen molar-refractivity contribution in [1.82, 2.24) is 0 Å². The van der Waals surface area contributed by atoms with Gasteiger partial charge in [-0.3, -0.25) is 0 Å². The Kier molecular flexibility index (Phi) is 6.52. The summed E-state index contributed by atoms with van der Waals surface area (Å²) >= 11 is 0. The highest BCUT2D eigenvalue weighted by atomic mass is 19.1. The first-order chi connectivity index (χ1) is 17.7. The Labute approximate surface area is 219 Å². The summed E-state index contributed by atoms with van der Waals surface area (Å²) in [7, 11) is 2.05. The van der Waals surface area contributed by atoms with Crippen molar-refractivity contribution in [2.75, 3.05) is 0 Å². The van der Waals surface area contributed by atoms with Crippen molar-refractivity contribution in [2.45, 2.75) is 34.6 Å². The second kappa shape index (κ2) is 9.78. The molecule has 0 unspecified atom stereocenters. The average molecular weight is 487 g/mol. The van der Waals surface area contributed by atoms with Crippen LogP contribution in [-0.2, 0) is 7.05 Å². The van der Waals surface area contributed by atoms with Crippen molar-refractivity contribution in [1.29, 1.82) is 0 Å². The minimum absolute atomic E-state index is 0.204. The first-order valence-corrected chi connectivity index (χ1v) is 12.8. The van der Waals surface area contributed by atoms with Crippen molar-refractivity contribution in [3.8, 4) is 44.6 Å². The molecule has 37 heavy (non-hydrogen) atoms. The molecule has 4 aromatic carbocycles. The molecule has 0 aliphatic carbocycles. The maximum atomic E-state index is 13.7. The van der Waals surface area contributed by atoms with Crippen LogP contribution in [0, 0.1) is 40.4 Å². The fourth-order valence-corrected chi connectivity index (χ4v) is 5.30. The number of pyridine rings is 1. The predicted octanol–water partition coefficient (Wildman–Crippen LogP) is 8.86. The van der Waals surface area contributed by atoms with Gasteiger partial charge in [0.1, 0.15) is 12.9 Å². The molecule has 1 nitrogen and oxygen atoms in total. The predicted molar refractivity (Wildman–Crippen MR) is 153 cm³/mol. The standard InChI is InChI=1S/C35H33FN/c1-22-7-9-27(10-8-22)28-11-14-31(23(2)17-28)29-12-15-32(24(3)18-29)34-20-35(37(6)21-26(34)5)33-16-13-30(36)19-25(33)4/h7-21H,1-6H3/q+1. The molecule has 5 aromatic rings. The van der Waals surface area contributed by atoms with Crippen LogP contribution in [0.5, 0.6) is 0 Å². The molecular weight excluding hydrogens is 453 g/mol. The summed E-state index contributed by atoms with van der Waals surface area (Å²) in [5.74, 6) is -0.204. The highest BCUT2D eigenvalue weighted by molar-refractivity contribution is 5.79. The largest absolute Gasteiger partial charge is 0.213 e. The second-order valence-corrected chi connectivity index (χ2v) is 10.3. The van der Waals surface area contributed by atoms with Crippen molar-refractivity contribution in [3.05, 3.63) is 125 Å². The van der Waals surface area contributed by atoms with Crippen molar-refractivity contribution >= 4 is 0 Å². The van der Waals surface area contributed by atoms with Gasteiger partial charge >= 0.3 is 0 Å². The highest BCUT2D eigenvalue weighted by Crippen LogP contribution is 2.35. The maximum absolute atomic E-state index is 13.7. The Morgan fingerprint density at radius 1 is 0.486 bits per heavy atom. The monoisotopic (exact) mass is 486 g/mol. The zero-order chi connectivity index (χ0) is 26.3. The number of hydrogen-bond acceptors (Lipinski definition) is 0. The number of halogens is 1. The summed E-state index contributed by atoms with van der Waals surface area (Å²) in [5.41, 5.74) is 15.4. The van der Waals surface area contributed by atoms with Gasteiger partial charge < -0.3 is 0 Å². The van der Waals surface area contributed by atoms with Crippen molar-refractivity contribution < 1.29 is 8.96 Å². The van der Waals surface area contributed by atoms with Crippen LogP contribution in [0.3, 0.4) is 0 Å². The molecule has 184 valence electrons. The first kappa shape index (κ1) is 24.6. The van der Waals surface area contributed by atoms with Gasteiger partial charge in [0, 0.05) is 17.2 Å². The lowest BCUT2D eigenvalue weighted by molar-refractivity contribution is -0.660. The Morgan fingerprint density at radius 3 is 1.73 bits per heavy atom. The molecule has 1 heterocycles. The summed E-state index contributed by atoms with van der Waals surface area (Å²) in [4.78, 5) is 0. The average Bonchev–Trinajstić information content (AvgIpc) is 2.85. The first-order valence-electron chi connectivity index (χ1n) is 12.8. The van der Waals surface area contributed by atoms with Crippen molar-refractivity contribution in [3.63, 3.8) is 0 Å². The third kappa shape index (κ3) is 4.84. The van der Waals surface area contributed by atoms with Gasteiger partial charge in [0.15, 0.2) is 6.20 Å². The molecule has 0 saturated heterocycles. The molecule has 0 saturated carbocycles. The van der Waals surface area contributed by atoms with Gasteiger partial charge in [0.05, 0.1) is 0 Å². The van der Waals surface area contributed by atoms with Crippen LogP contribution in [0.2, 0.25) is 0 Å². The lowest BCUT2D eigenvalue weighted by Gasteiger charge is -2.14. The maximum Gasteiger partial charge on any atom is 0.213 e. The van der Waals surface area contributed by atoms with E-state index in [0.29, 0.717) is 0 Å². The normalized spacial score (nSPS) is 11.1. The van der Waals surface area contributed by atoms with Gasteiger partial charge in [0.2, 0.25) is 5.69 Å². The molecule has 0 spiro atoms. The van der Waals surface area contributed by atoms with Gasteiger partial charge in [-0.15, -0.1) is 0 Å². The van der Waals surface area contributed by atoms with Crippen LogP contribution in [0.15, 0.2) is 91.1 Å². The number of rotatable bonds is 4. The third-order valence-electron chi connectivity index (χ3n) is 7.38. The minimum Gasteiger partial charge on any atom is -0.207 e. The molecule has 0 radical (unpaired) electrons. The molecule has 0 N–H and O–H groups in total. The fourth-order valence-electron chi connectivity index (χ4n) is 5.30. The number of hydrogen-bond donors (Lipinski definition) is 0. The molecular formula is C35H33FN+. The van der Waals surface area contributed by atoms with E-state index >= 15 is 0 Å². The fraction of sp³-hybridized carbons (Fsp3) is 0.171. The van der Waals surface area contributed by atoms with E-state index in [9.17, 15) is 4.39 Å². The van der Waals surface area contributed by atoms with Crippen LogP contribution >= 0.6 is 0 Å². The smallest absolute Gasteiger partial charge is 0.207 e. The van der Waals surface area contributed by atoms with Gasteiger partial charge in [0.25, 0.3) is 0 Å². The third-order valence-corrected chi connectivity index (χ3v) is 7.38. The molecule has 0 aliphatic rings. The van der Waals surface area contributed by atoms with Gasteiger partial charge in [-0.25, -0.2) is 8.96 Å². The Hall–Kier alpha value is -4.04. The Bertz CT molecular complexity index is 1630. The topological polar surface area (TPSA) is 3.88 Å². The summed E-state index contributed by atoms with van der Waals surface area (Å²) in [6.45, 7) is 10.6. The van der Waals surface area contributed by atoms with E-state index in [0.717, 1.165) is 16.8 Å². The molecule has 0 aliphatic heterocycles. The number of benzene rings is 4. The van der Waals surface area contributed by atoms with Crippen molar-refractivity contribution in [2.24, 2.45) is 7.05 Å². The zero-order valence-electron chi connectivity index (χ0n) is 22.5. The number of aromatic nitrogens is 1. The van der Waals surface area contributed by atoms with Crippen LogP contribution in [-0.4, -0.2) is 0 Å². The van der Waals surface area contributed by atoms with Crippen LogP contribution in [0.25, 0.3) is 44.6 Å². The lowest BCUT2D eigenvalue weighted by Crippen LogP contribution is -2.31. The van der Waals surface area contributed by atoms with E-state index in [1.165, 1.54) is 61.7 Å². The quantitative estimate of drug-likeness (QED) is 0.223. The van der Waals surface area contributed by atoms with Crippen LogP contribution in [0.4, 0.5) is 4.39 Å². The van der Waals surface area contributed by atoms with Crippen LogP contribution in [0.1, 0.15) is 27.8 Å². The van der Waals surface area contributed by atoms with E-state index in [2.05, 4.69) is 105 Å². The minimum atomic E-state index is -0.204. The molecule has 0 atom stereocenters. The summed E-state index contributed by atoms with van der Waals surface area (Å²) in [5, 5.41) is 0. The summed E-state index contributed by atoms with van der Waals surface area (Å²) in [6, 6.07) is 29.4. The highest BCUT2D eigenvalue weighted by Gasteiger charge is 2.18. The summed E-state index contributed by atoms with van der Waals surface area (Å²) < 4.78 is 15.9. The van der Waals surface area contributed by atoms with E-state index < -0.39 is 0 Å². The Balaban J connectivity index is 1.53.